The monoisotopic (exact) mass is 589 g/mol. The molecular formula is C32H38F3NO6. The van der Waals surface area contributed by atoms with Crippen LogP contribution < -0.4 is 10.1 Å². The third-order valence-electron chi connectivity index (χ3n) is 10.9. The topological polar surface area (TPSA) is 94.1 Å². The first kappa shape index (κ1) is 29.4. The summed E-state index contributed by atoms with van der Waals surface area (Å²) >= 11 is 0. The first-order chi connectivity index (χ1) is 19.9. The van der Waals surface area contributed by atoms with Crippen LogP contribution in [-0.4, -0.2) is 66.3 Å². The van der Waals surface area contributed by atoms with Crippen LogP contribution in [0.2, 0.25) is 0 Å². The average molecular weight is 590 g/mol. The number of Topliss-reactive ketones (excluding diaryl/α,β-unsaturated/α-hetero) is 1. The maximum atomic E-state index is 17.6. The molecule has 0 amide bonds. The van der Waals surface area contributed by atoms with Gasteiger partial charge >= 0.3 is 0 Å². The second kappa shape index (κ2) is 9.92. The van der Waals surface area contributed by atoms with E-state index in [1.54, 1.807) is 27.0 Å². The highest BCUT2D eigenvalue weighted by molar-refractivity contribution is 6.01. The second-order valence-corrected chi connectivity index (χ2v) is 12.9. The second-order valence-electron chi connectivity index (χ2n) is 12.9. The summed E-state index contributed by atoms with van der Waals surface area (Å²) in [5, 5.41) is 14.4. The molecule has 0 bridgehead atoms. The van der Waals surface area contributed by atoms with Crippen LogP contribution in [0.3, 0.4) is 0 Å². The number of aliphatic hydroxyl groups is 1. The molecule has 1 aromatic rings. The lowest BCUT2D eigenvalue weighted by atomic mass is 9.44. The standard InChI is InChI=1S/C32H38F3NO6/c1-5-6-28-41-27-14-19-20-13-22(33)21-11-17(37)9-10-29(21,2)31(20,35)25(38)15-30(19,3)32(27,42-28)26(39)16-40-18-7-8-24(36-4)23(34)12-18/h7-12,19-20,22,25,27-28,36,38H,5-6,13-16H2,1-4H3/t19-,20-,22-,25-,27+,28?,29-,30-,31-,32+/m0/s1. The van der Waals surface area contributed by atoms with Crippen LogP contribution in [0.1, 0.15) is 52.9 Å². The Morgan fingerprint density at radius 2 is 2.00 bits per heavy atom. The highest BCUT2D eigenvalue weighted by Crippen LogP contribution is 2.72. The van der Waals surface area contributed by atoms with Crippen LogP contribution in [-0.2, 0) is 19.1 Å². The summed E-state index contributed by atoms with van der Waals surface area (Å²) in [7, 11) is 1.59. The zero-order chi connectivity index (χ0) is 30.2. The lowest BCUT2D eigenvalue weighted by molar-refractivity contribution is -0.234. The molecular weight excluding hydrogens is 551 g/mol. The minimum absolute atomic E-state index is 0.0424. The summed E-state index contributed by atoms with van der Waals surface area (Å²) < 4.78 is 66.3. The third-order valence-corrected chi connectivity index (χ3v) is 10.9. The minimum Gasteiger partial charge on any atom is -0.486 e. The Kier molecular flexibility index (Phi) is 6.94. The van der Waals surface area contributed by atoms with Crippen LogP contribution in [0.4, 0.5) is 18.9 Å². The minimum atomic E-state index is -2.28. The predicted molar refractivity (Wildman–Crippen MR) is 148 cm³/mol. The summed E-state index contributed by atoms with van der Waals surface area (Å²) in [5.74, 6) is -2.79. The smallest absolute Gasteiger partial charge is 0.205 e. The van der Waals surface area contributed by atoms with E-state index >= 15 is 8.78 Å². The number of ketones is 2. The van der Waals surface area contributed by atoms with Gasteiger partial charge in [-0.3, -0.25) is 9.59 Å². The molecule has 1 saturated heterocycles. The van der Waals surface area contributed by atoms with E-state index in [9.17, 15) is 19.1 Å². The van der Waals surface area contributed by atoms with Crippen molar-refractivity contribution in [2.75, 3.05) is 19.0 Å². The molecule has 0 radical (unpaired) electrons. The van der Waals surface area contributed by atoms with Crippen molar-refractivity contribution < 1.29 is 42.1 Å². The Balaban J connectivity index is 1.37. The van der Waals surface area contributed by atoms with Crippen molar-refractivity contribution in [3.8, 4) is 5.75 Å². The molecule has 3 saturated carbocycles. The number of carbonyl (C=O) groups excluding carboxylic acids is 2. The zero-order valence-corrected chi connectivity index (χ0v) is 24.3. The van der Waals surface area contributed by atoms with Crippen LogP contribution in [0, 0.1) is 28.5 Å². The van der Waals surface area contributed by atoms with Crippen molar-refractivity contribution in [1.82, 2.24) is 0 Å². The molecule has 0 aromatic heterocycles. The Morgan fingerprint density at radius 1 is 1.24 bits per heavy atom. The van der Waals surface area contributed by atoms with Gasteiger partial charge in [-0.25, -0.2) is 13.2 Å². The van der Waals surface area contributed by atoms with Crippen LogP contribution in [0.5, 0.6) is 5.75 Å². The third kappa shape index (κ3) is 3.76. The molecule has 42 heavy (non-hydrogen) atoms. The number of rotatable bonds is 7. The fraction of sp³-hybridized carbons (Fsp3) is 0.625. The Bertz CT molecular complexity index is 1370. The number of anilines is 1. The number of ether oxygens (including phenoxy) is 3. The van der Waals surface area contributed by atoms with Crippen LogP contribution >= 0.6 is 0 Å². The van der Waals surface area contributed by atoms with Gasteiger partial charge in [0.2, 0.25) is 5.78 Å². The summed E-state index contributed by atoms with van der Waals surface area (Å²) in [5.41, 5.74) is -6.18. The van der Waals surface area contributed by atoms with Gasteiger partial charge in [-0.2, -0.15) is 0 Å². The molecule has 1 heterocycles. The van der Waals surface area contributed by atoms with Crippen molar-refractivity contribution in [2.45, 2.75) is 88.8 Å². The van der Waals surface area contributed by atoms with Gasteiger partial charge in [0.1, 0.15) is 24.3 Å². The van der Waals surface area contributed by atoms with E-state index in [0.717, 1.165) is 12.5 Å². The number of carbonyl (C=O) groups is 2. The first-order valence-electron chi connectivity index (χ1n) is 14.8. The first-order valence-corrected chi connectivity index (χ1v) is 14.8. The van der Waals surface area contributed by atoms with Crippen molar-refractivity contribution in [3.63, 3.8) is 0 Å². The van der Waals surface area contributed by atoms with Gasteiger partial charge in [-0.15, -0.1) is 0 Å². The highest BCUT2D eigenvalue weighted by Gasteiger charge is 2.80. The molecule has 1 aliphatic heterocycles. The Morgan fingerprint density at radius 3 is 2.69 bits per heavy atom. The summed E-state index contributed by atoms with van der Waals surface area (Å²) in [6.07, 6.45) is 0.299. The van der Waals surface area contributed by atoms with E-state index in [2.05, 4.69) is 5.32 Å². The van der Waals surface area contributed by atoms with Gasteiger partial charge in [-0.1, -0.05) is 26.3 Å². The molecule has 1 unspecified atom stereocenters. The SMILES string of the molecule is CCCC1O[C@@H]2C[C@H]3[C@@H]4C[C@H](F)C5=CC(=O)C=C[C@]5(C)[C@@]4(F)[C@@H](O)C[C@]3(C)[C@]2(C(=O)COc2ccc(NC)c(F)c2)O1. The predicted octanol–water partition coefficient (Wildman–Crippen LogP) is 5.02. The molecule has 4 fully saturated rings. The van der Waals surface area contributed by atoms with Crippen molar-refractivity contribution >= 4 is 17.3 Å². The quantitative estimate of drug-likeness (QED) is 0.461. The highest BCUT2D eigenvalue weighted by atomic mass is 19.1. The summed E-state index contributed by atoms with van der Waals surface area (Å²) in [6, 6.07) is 4.22. The fourth-order valence-electron chi connectivity index (χ4n) is 8.93. The molecule has 2 N–H and O–H groups in total. The fourth-order valence-corrected chi connectivity index (χ4v) is 8.93. The van der Waals surface area contributed by atoms with Gasteiger partial charge in [0.05, 0.1) is 17.9 Å². The van der Waals surface area contributed by atoms with Gasteiger partial charge in [-0.05, 0) is 68.4 Å². The maximum absolute atomic E-state index is 17.6. The Labute approximate surface area is 243 Å². The number of nitrogens with one attached hydrogen (secondary N) is 1. The number of hydrogen-bond acceptors (Lipinski definition) is 7. The van der Waals surface area contributed by atoms with Crippen molar-refractivity contribution in [3.05, 3.63) is 47.8 Å². The molecule has 6 rings (SSSR count). The summed E-state index contributed by atoms with van der Waals surface area (Å²) in [4.78, 5) is 26.3. The molecule has 10 heteroatoms. The number of alkyl halides is 2. The maximum Gasteiger partial charge on any atom is 0.205 e. The van der Waals surface area contributed by atoms with E-state index in [0.29, 0.717) is 6.42 Å². The van der Waals surface area contributed by atoms with Gasteiger partial charge in [0.25, 0.3) is 0 Å². The molecule has 5 aliphatic rings. The van der Waals surface area contributed by atoms with Crippen molar-refractivity contribution in [1.29, 1.82) is 0 Å². The average Bonchev–Trinajstić information content (AvgIpc) is 3.42. The number of fused-ring (bicyclic) bond motifs is 7. The largest absolute Gasteiger partial charge is 0.486 e. The van der Waals surface area contributed by atoms with E-state index in [1.165, 1.54) is 24.3 Å². The van der Waals surface area contributed by atoms with Crippen LogP contribution in [0.25, 0.3) is 0 Å². The molecule has 1 aromatic carbocycles. The van der Waals surface area contributed by atoms with Crippen molar-refractivity contribution in [2.24, 2.45) is 22.7 Å². The van der Waals surface area contributed by atoms with E-state index in [1.807, 2.05) is 6.92 Å². The lowest BCUT2D eigenvalue weighted by Gasteiger charge is -2.63. The van der Waals surface area contributed by atoms with Gasteiger partial charge in [0.15, 0.2) is 23.3 Å². The zero-order valence-electron chi connectivity index (χ0n) is 24.3. The molecule has 7 nitrogen and oxygen atoms in total. The number of allylic oxidation sites excluding steroid dienone is 4. The van der Waals surface area contributed by atoms with Gasteiger partial charge < -0.3 is 24.6 Å². The normalized spacial score (nSPS) is 43.6. The molecule has 0 spiro atoms. The lowest BCUT2D eigenvalue weighted by Crippen LogP contribution is -2.71. The van der Waals surface area contributed by atoms with E-state index < -0.39 is 82.6 Å². The van der Waals surface area contributed by atoms with Crippen LogP contribution in [0.15, 0.2) is 42.0 Å². The molecule has 228 valence electrons. The number of benzene rings is 1. The number of hydrogen-bond donors (Lipinski definition) is 2. The molecule has 10 atom stereocenters. The Hall–Kier alpha value is -2.69. The van der Waals surface area contributed by atoms with Gasteiger partial charge in [0, 0.05) is 29.9 Å². The van der Waals surface area contributed by atoms with E-state index in [4.69, 9.17) is 14.2 Å². The number of halogens is 3. The summed E-state index contributed by atoms with van der Waals surface area (Å²) in [6.45, 7) is 4.85. The number of aliphatic hydroxyl groups excluding tert-OH is 1. The molecule has 4 aliphatic carbocycles. The van der Waals surface area contributed by atoms with E-state index in [-0.39, 0.29) is 36.3 Å².